The number of Topliss-reactive ketones (excluding diaryl/α,β-unsaturated/α-hetero) is 1. The fourth-order valence-electron chi connectivity index (χ4n) is 5.00. The fourth-order valence-corrected chi connectivity index (χ4v) is 5.00. The van der Waals surface area contributed by atoms with Crippen molar-refractivity contribution in [1.82, 2.24) is 9.97 Å². The van der Waals surface area contributed by atoms with Crippen LogP contribution in [0.1, 0.15) is 55.6 Å². The quantitative estimate of drug-likeness (QED) is 0.794. The second-order valence-corrected chi connectivity index (χ2v) is 8.91. The van der Waals surface area contributed by atoms with Crippen LogP contribution in [-0.2, 0) is 4.79 Å². The summed E-state index contributed by atoms with van der Waals surface area (Å²) in [6.07, 6.45) is 5.60. The summed E-state index contributed by atoms with van der Waals surface area (Å²) < 4.78 is 0. The first-order valence-electron chi connectivity index (χ1n) is 11.2. The molecule has 1 atom stereocenters. The zero-order valence-corrected chi connectivity index (χ0v) is 18.2. The average Bonchev–Trinajstić information content (AvgIpc) is 2.78. The number of aromatic amines is 1. The van der Waals surface area contributed by atoms with Gasteiger partial charge in [0.2, 0.25) is 5.95 Å². The number of hydrogen-bond acceptors (Lipinski definition) is 6. The number of hydrogen-bond donors (Lipinski definition) is 2. The van der Waals surface area contributed by atoms with E-state index < -0.39 is 0 Å². The second-order valence-electron chi connectivity index (χ2n) is 8.91. The molecule has 0 saturated carbocycles. The number of nitrogens with one attached hydrogen (secondary N) is 2. The van der Waals surface area contributed by atoms with E-state index in [4.69, 9.17) is 4.98 Å². The van der Waals surface area contributed by atoms with Gasteiger partial charge in [-0.1, -0.05) is 12.1 Å². The maximum atomic E-state index is 13.4. The lowest BCUT2D eigenvalue weighted by molar-refractivity contribution is -0.116. The van der Waals surface area contributed by atoms with E-state index in [1.165, 1.54) is 6.42 Å². The van der Waals surface area contributed by atoms with E-state index in [0.29, 0.717) is 23.8 Å². The van der Waals surface area contributed by atoms with Gasteiger partial charge in [-0.05, 0) is 49.8 Å². The predicted molar refractivity (Wildman–Crippen MR) is 123 cm³/mol. The summed E-state index contributed by atoms with van der Waals surface area (Å²) in [4.78, 5) is 38.4. The Morgan fingerprint density at radius 3 is 2.45 bits per heavy atom. The molecule has 3 heterocycles. The lowest BCUT2D eigenvalue weighted by atomic mass is 9.76. The smallest absolute Gasteiger partial charge is 0.258 e. The molecule has 0 radical (unpaired) electrons. The summed E-state index contributed by atoms with van der Waals surface area (Å²) in [5.41, 5.74) is 4.07. The van der Waals surface area contributed by atoms with Crippen LogP contribution in [0.2, 0.25) is 0 Å². The summed E-state index contributed by atoms with van der Waals surface area (Å²) in [6.45, 7) is 1.81. The van der Waals surface area contributed by atoms with Gasteiger partial charge in [0.1, 0.15) is 5.82 Å². The van der Waals surface area contributed by atoms with E-state index in [2.05, 4.69) is 15.2 Å². The summed E-state index contributed by atoms with van der Waals surface area (Å²) in [5.74, 6) is 0.964. The number of aromatic nitrogens is 2. The Bertz CT molecular complexity index is 1090. The largest absolute Gasteiger partial charge is 0.378 e. The van der Waals surface area contributed by atoms with E-state index in [0.717, 1.165) is 61.3 Å². The lowest BCUT2D eigenvalue weighted by Crippen LogP contribution is -2.36. The maximum absolute atomic E-state index is 13.4. The number of fused-ring (bicyclic) bond motifs is 1. The third-order valence-corrected chi connectivity index (χ3v) is 6.64. The molecule has 0 unspecified atom stereocenters. The molecule has 0 amide bonds. The molecule has 2 aromatic rings. The SMILES string of the molecule is CN(C)c1ccc([C@@H]2C3=C(CCCC3=O)Nc3nc(N4CCCCC4)[nH]c(=O)c32)cc1. The topological polar surface area (TPSA) is 81.3 Å². The van der Waals surface area contributed by atoms with Crippen LogP contribution in [-0.4, -0.2) is 42.9 Å². The molecule has 7 nitrogen and oxygen atoms in total. The molecular formula is C24H29N5O2. The Balaban J connectivity index is 1.64. The average molecular weight is 420 g/mol. The van der Waals surface area contributed by atoms with Gasteiger partial charge in [-0.15, -0.1) is 0 Å². The monoisotopic (exact) mass is 419 g/mol. The summed E-state index contributed by atoms with van der Waals surface area (Å²) in [5, 5.41) is 3.37. The molecule has 0 spiro atoms. The minimum atomic E-state index is -0.387. The van der Waals surface area contributed by atoms with Crippen LogP contribution in [0.3, 0.4) is 0 Å². The predicted octanol–water partition coefficient (Wildman–Crippen LogP) is 3.39. The fraction of sp³-hybridized carbons (Fsp3) is 0.458. The first kappa shape index (κ1) is 19.8. The van der Waals surface area contributed by atoms with Gasteiger partial charge in [-0.2, -0.15) is 4.98 Å². The van der Waals surface area contributed by atoms with E-state index in [1.807, 2.05) is 43.3 Å². The van der Waals surface area contributed by atoms with Crippen molar-refractivity contribution >= 4 is 23.2 Å². The number of allylic oxidation sites excluding steroid dienone is 2. The van der Waals surface area contributed by atoms with Crippen molar-refractivity contribution in [3.8, 4) is 0 Å². The second kappa shape index (κ2) is 7.87. The van der Waals surface area contributed by atoms with Crippen LogP contribution < -0.4 is 20.7 Å². The summed E-state index contributed by atoms with van der Waals surface area (Å²) >= 11 is 0. The zero-order valence-electron chi connectivity index (χ0n) is 18.2. The van der Waals surface area contributed by atoms with Crippen molar-refractivity contribution in [1.29, 1.82) is 0 Å². The highest BCUT2D eigenvalue weighted by Gasteiger charge is 2.38. The van der Waals surface area contributed by atoms with E-state index in [1.54, 1.807) is 0 Å². The van der Waals surface area contributed by atoms with Gasteiger partial charge in [-0.3, -0.25) is 14.6 Å². The standard InChI is InChI=1S/C24H29N5O2/c1-28(2)16-11-9-15(10-12-16)19-20-17(7-6-8-18(20)30)25-22-21(19)23(31)27-24(26-22)29-13-4-3-5-14-29/h9-12,19H,3-8,13-14H2,1-2H3,(H2,25,26,27,31)/t19-/m1/s1. The van der Waals surface area contributed by atoms with Gasteiger partial charge >= 0.3 is 0 Å². The minimum Gasteiger partial charge on any atom is -0.378 e. The minimum absolute atomic E-state index is 0.126. The molecule has 1 fully saturated rings. The maximum Gasteiger partial charge on any atom is 0.258 e. The first-order valence-corrected chi connectivity index (χ1v) is 11.2. The van der Waals surface area contributed by atoms with Crippen molar-refractivity contribution in [2.75, 3.05) is 42.3 Å². The molecule has 3 aliphatic rings. The molecule has 0 bridgehead atoms. The molecular weight excluding hydrogens is 390 g/mol. The van der Waals surface area contributed by atoms with Gasteiger partial charge in [0.05, 0.1) is 5.56 Å². The third kappa shape index (κ3) is 3.52. The molecule has 1 aromatic carbocycles. The Morgan fingerprint density at radius 2 is 1.74 bits per heavy atom. The van der Waals surface area contributed by atoms with E-state index in [9.17, 15) is 9.59 Å². The van der Waals surface area contributed by atoms with Crippen LogP contribution in [0.25, 0.3) is 0 Å². The highest BCUT2D eigenvalue weighted by molar-refractivity contribution is 6.00. The summed E-state index contributed by atoms with van der Waals surface area (Å²) in [7, 11) is 3.99. The number of anilines is 3. The number of rotatable bonds is 3. The first-order chi connectivity index (χ1) is 15.0. The van der Waals surface area contributed by atoms with Gasteiger partial charge in [0.15, 0.2) is 5.78 Å². The molecule has 162 valence electrons. The van der Waals surface area contributed by atoms with E-state index in [-0.39, 0.29) is 17.3 Å². The van der Waals surface area contributed by atoms with Gasteiger partial charge in [0, 0.05) is 56.5 Å². The third-order valence-electron chi connectivity index (χ3n) is 6.64. The van der Waals surface area contributed by atoms with Crippen molar-refractivity contribution in [3.05, 3.63) is 57.0 Å². The van der Waals surface area contributed by atoms with Crippen molar-refractivity contribution < 1.29 is 4.79 Å². The number of piperidine rings is 1. The Kier molecular flexibility index (Phi) is 5.04. The van der Waals surface area contributed by atoms with Crippen LogP contribution in [0.5, 0.6) is 0 Å². The van der Waals surface area contributed by atoms with Crippen LogP contribution in [0.4, 0.5) is 17.5 Å². The lowest BCUT2D eigenvalue weighted by Gasteiger charge is -2.34. The van der Waals surface area contributed by atoms with Crippen molar-refractivity contribution in [3.63, 3.8) is 0 Å². The number of carbonyl (C=O) groups excluding carboxylic acids is 1. The molecule has 2 N–H and O–H groups in total. The van der Waals surface area contributed by atoms with E-state index >= 15 is 0 Å². The molecule has 1 saturated heterocycles. The van der Waals surface area contributed by atoms with Gasteiger partial charge in [-0.25, -0.2) is 0 Å². The molecule has 2 aliphatic heterocycles. The summed E-state index contributed by atoms with van der Waals surface area (Å²) in [6, 6.07) is 8.13. The highest BCUT2D eigenvalue weighted by atomic mass is 16.1. The van der Waals surface area contributed by atoms with Crippen molar-refractivity contribution in [2.45, 2.75) is 44.4 Å². The van der Waals surface area contributed by atoms with Gasteiger partial charge in [0.25, 0.3) is 5.56 Å². The Morgan fingerprint density at radius 1 is 1.00 bits per heavy atom. The highest BCUT2D eigenvalue weighted by Crippen LogP contribution is 2.43. The molecule has 31 heavy (non-hydrogen) atoms. The zero-order chi connectivity index (χ0) is 21.5. The number of benzene rings is 1. The molecule has 1 aromatic heterocycles. The molecule has 5 rings (SSSR count). The van der Waals surface area contributed by atoms with Crippen LogP contribution >= 0.6 is 0 Å². The number of carbonyl (C=O) groups is 1. The van der Waals surface area contributed by atoms with Crippen LogP contribution in [0, 0.1) is 0 Å². The molecule has 1 aliphatic carbocycles. The molecule has 7 heteroatoms. The van der Waals surface area contributed by atoms with Gasteiger partial charge < -0.3 is 15.1 Å². The number of H-pyrrole nitrogens is 1. The van der Waals surface area contributed by atoms with Crippen molar-refractivity contribution in [2.24, 2.45) is 0 Å². The number of nitrogens with zero attached hydrogens (tertiary/aromatic N) is 3. The normalized spacial score (nSPS) is 20.8. The van der Waals surface area contributed by atoms with Crippen LogP contribution in [0.15, 0.2) is 40.3 Å². The Labute approximate surface area is 182 Å². The Hall–Kier alpha value is -3.09. The number of ketones is 1.